The minimum Gasteiger partial charge on any atom is -0.373 e. The molecule has 1 aliphatic rings. The molecule has 0 aliphatic heterocycles. The van der Waals surface area contributed by atoms with E-state index in [-0.39, 0.29) is 0 Å². The van der Waals surface area contributed by atoms with E-state index < -0.39 is 0 Å². The van der Waals surface area contributed by atoms with Crippen LogP contribution in [0.4, 0.5) is 11.6 Å². The Balaban J connectivity index is 1.70. The fourth-order valence-electron chi connectivity index (χ4n) is 2.33. The molecular weight excluding hydrogens is 262 g/mol. The van der Waals surface area contributed by atoms with Gasteiger partial charge in [0.2, 0.25) is 0 Å². The standard InChI is InChI=1S/C16H21N5/c1-11-14(17-2)20-16(12-6-7-12)21-15(11)19-10-8-13-5-3-4-9-18-13/h3-5,9,12H,6-8,10H2,1-2H3,(H2,17,19,20,21). The zero-order valence-corrected chi connectivity index (χ0v) is 12.6. The van der Waals surface area contributed by atoms with Gasteiger partial charge < -0.3 is 10.6 Å². The summed E-state index contributed by atoms with van der Waals surface area (Å²) in [4.78, 5) is 13.6. The van der Waals surface area contributed by atoms with E-state index in [9.17, 15) is 0 Å². The van der Waals surface area contributed by atoms with E-state index in [1.165, 1.54) is 12.8 Å². The Morgan fingerprint density at radius 2 is 2.00 bits per heavy atom. The summed E-state index contributed by atoms with van der Waals surface area (Å²) < 4.78 is 0. The fraction of sp³-hybridized carbons (Fsp3) is 0.438. The third-order valence-electron chi connectivity index (χ3n) is 3.74. The molecule has 0 bridgehead atoms. The van der Waals surface area contributed by atoms with Crippen molar-refractivity contribution < 1.29 is 0 Å². The van der Waals surface area contributed by atoms with Gasteiger partial charge in [0.25, 0.3) is 0 Å². The molecule has 2 aromatic rings. The summed E-state index contributed by atoms with van der Waals surface area (Å²) in [5.41, 5.74) is 2.16. The molecule has 110 valence electrons. The maximum absolute atomic E-state index is 4.69. The number of hydrogen-bond acceptors (Lipinski definition) is 5. The molecule has 0 radical (unpaired) electrons. The second-order valence-corrected chi connectivity index (χ2v) is 5.43. The summed E-state index contributed by atoms with van der Waals surface area (Å²) in [5.74, 6) is 3.37. The molecule has 0 atom stereocenters. The number of pyridine rings is 1. The number of rotatable bonds is 6. The summed E-state index contributed by atoms with van der Waals surface area (Å²) in [6.45, 7) is 2.87. The fourth-order valence-corrected chi connectivity index (χ4v) is 2.33. The maximum atomic E-state index is 4.69. The highest BCUT2D eigenvalue weighted by molar-refractivity contribution is 5.57. The Bertz CT molecular complexity index is 608. The topological polar surface area (TPSA) is 62.7 Å². The second kappa shape index (κ2) is 6.08. The first-order valence-electron chi connectivity index (χ1n) is 7.48. The van der Waals surface area contributed by atoms with Crippen LogP contribution in [0.3, 0.4) is 0 Å². The number of hydrogen-bond donors (Lipinski definition) is 2. The molecule has 0 amide bonds. The molecule has 2 aromatic heterocycles. The highest BCUT2D eigenvalue weighted by Crippen LogP contribution is 2.39. The van der Waals surface area contributed by atoms with Gasteiger partial charge in [-0.1, -0.05) is 6.07 Å². The molecule has 5 nitrogen and oxygen atoms in total. The van der Waals surface area contributed by atoms with Crippen molar-refractivity contribution in [2.24, 2.45) is 0 Å². The first kappa shape index (κ1) is 13.8. The zero-order valence-electron chi connectivity index (χ0n) is 12.6. The van der Waals surface area contributed by atoms with Crippen LogP contribution in [0, 0.1) is 6.92 Å². The monoisotopic (exact) mass is 283 g/mol. The van der Waals surface area contributed by atoms with Crippen LogP contribution in [0.15, 0.2) is 24.4 Å². The largest absolute Gasteiger partial charge is 0.373 e. The van der Waals surface area contributed by atoms with Crippen molar-refractivity contribution in [3.8, 4) is 0 Å². The zero-order chi connectivity index (χ0) is 14.7. The molecule has 21 heavy (non-hydrogen) atoms. The molecule has 5 heteroatoms. The number of aromatic nitrogens is 3. The van der Waals surface area contributed by atoms with Crippen molar-refractivity contribution in [2.45, 2.75) is 32.1 Å². The van der Waals surface area contributed by atoms with Gasteiger partial charge in [-0.25, -0.2) is 9.97 Å². The molecule has 3 rings (SSSR count). The molecule has 0 spiro atoms. The van der Waals surface area contributed by atoms with Gasteiger partial charge in [0.15, 0.2) is 0 Å². The van der Waals surface area contributed by atoms with Crippen molar-refractivity contribution in [3.05, 3.63) is 41.5 Å². The maximum Gasteiger partial charge on any atom is 0.136 e. The van der Waals surface area contributed by atoms with E-state index >= 15 is 0 Å². The van der Waals surface area contributed by atoms with Crippen LogP contribution in [0.25, 0.3) is 0 Å². The van der Waals surface area contributed by atoms with E-state index in [4.69, 9.17) is 4.98 Å². The van der Waals surface area contributed by atoms with Crippen LogP contribution in [0.2, 0.25) is 0 Å². The number of nitrogens with zero attached hydrogens (tertiary/aromatic N) is 3. The molecule has 2 heterocycles. The van der Waals surface area contributed by atoms with Gasteiger partial charge in [-0.05, 0) is 31.9 Å². The SMILES string of the molecule is CNc1nc(C2CC2)nc(NCCc2ccccn2)c1C. The molecule has 0 aromatic carbocycles. The Hall–Kier alpha value is -2.17. The first-order valence-corrected chi connectivity index (χ1v) is 7.48. The van der Waals surface area contributed by atoms with E-state index in [1.54, 1.807) is 0 Å². The summed E-state index contributed by atoms with van der Waals surface area (Å²) in [7, 11) is 1.91. The first-order chi connectivity index (χ1) is 10.3. The Morgan fingerprint density at radius 3 is 2.67 bits per heavy atom. The van der Waals surface area contributed by atoms with Gasteiger partial charge in [0.05, 0.1) is 0 Å². The van der Waals surface area contributed by atoms with Crippen molar-refractivity contribution in [2.75, 3.05) is 24.2 Å². The van der Waals surface area contributed by atoms with Crippen LogP contribution >= 0.6 is 0 Å². The van der Waals surface area contributed by atoms with Crippen molar-refractivity contribution >= 4 is 11.6 Å². The molecule has 0 saturated heterocycles. The summed E-state index contributed by atoms with van der Waals surface area (Å²) in [6.07, 6.45) is 5.13. The quantitative estimate of drug-likeness (QED) is 0.853. The van der Waals surface area contributed by atoms with Gasteiger partial charge in [0, 0.05) is 43.4 Å². The molecular formula is C16H21N5. The van der Waals surface area contributed by atoms with Gasteiger partial charge in [-0.15, -0.1) is 0 Å². The molecule has 1 aliphatic carbocycles. The van der Waals surface area contributed by atoms with Crippen molar-refractivity contribution in [1.82, 2.24) is 15.0 Å². The van der Waals surface area contributed by atoms with Gasteiger partial charge in [0.1, 0.15) is 17.5 Å². The van der Waals surface area contributed by atoms with E-state index in [0.29, 0.717) is 5.92 Å². The van der Waals surface area contributed by atoms with Crippen LogP contribution in [-0.2, 0) is 6.42 Å². The average Bonchev–Trinajstić information content (AvgIpc) is 3.35. The third-order valence-corrected chi connectivity index (χ3v) is 3.74. The predicted molar refractivity (Wildman–Crippen MR) is 84.7 cm³/mol. The van der Waals surface area contributed by atoms with Crippen LogP contribution in [0.1, 0.15) is 35.8 Å². The van der Waals surface area contributed by atoms with Crippen molar-refractivity contribution in [3.63, 3.8) is 0 Å². The Kier molecular flexibility index (Phi) is 3.99. The van der Waals surface area contributed by atoms with Gasteiger partial charge in [-0.2, -0.15) is 0 Å². The summed E-state index contributed by atoms with van der Waals surface area (Å²) in [6, 6.07) is 6.00. The van der Waals surface area contributed by atoms with Gasteiger partial charge in [-0.3, -0.25) is 4.98 Å². The number of nitrogens with one attached hydrogen (secondary N) is 2. The minimum atomic E-state index is 0.550. The lowest BCUT2D eigenvalue weighted by Crippen LogP contribution is -2.12. The molecule has 2 N–H and O–H groups in total. The van der Waals surface area contributed by atoms with E-state index in [2.05, 4.69) is 20.6 Å². The highest BCUT2D eigenvalue weighted by atomic mass is 15.1. The van der Waals surface area contributed by atoms with E-state index in [0.717, 1.165) is 41.7 Å². The second-order valence-electron chi connectivity index (χ2n) is 5.43. The normalized spacial score (nSPS) is 14.0. The molecule has 1 fully saturated rings. The lowest BCUT2D eigenvalue weighted by atomic mass is 10.2. The summed E-state index contributed by atoms with van der Waals surface area (Å²) >= 11 is 0. The molecule has 0 unspecified atom stereocenters. The average molecular weight is 283 g/mol. The minimum absolute atomic E-state index is 0.550. The van der Waals surface area contributed by atoms with Crippen LogP contribution in [-0.4, -0.2) is 28.5 Å². The Labute approximate surface area is 125 Å². The summed E-state index contributed by atoms with van der Waals surface area (Å²) in [5, 5.41) is 6.59. The highest BCUT2D eigenvalue weighted by Gasteiger charge is 2.28. The smallest absolute Gasteiger partial charge is 0.136 e. The lowest BCUT2D eigenvalue weighted by molar-refractivity contribution is 0.900. The lowest BCUT2D eigenvalue weighted by Gasteiger charge is -2.13. The Morgan fingerprint density at radius 1 is 1.19 bits per heavy atom. The van der Waals surface area contributed by atoms with E-state index in [1.807, 2.05) is 38.4 Å². The van der Waals surface area contributed by atoms with Crippen molar-refractivity contribution in [1.29, 1.82) is 0 Å². The predicted octanol–water partition coefficient (Wildman–Crippen LogP) is 2.75. The number of anilines is 2. The van der Waals surface area contributed by atoms with Crippen LogP contribution in [0.5, 0.6) is 0 Å². The van der Waals surface area contributed by atoms with Crippen LogP contribution < -0.4 is 10.6 Å². The van der Waals surface area contributed by atoms with Gasteiger partial charge >= 0.3 is 0 Å². The molecule has 1 saturated carbocycles. The third kappa shape index (κ3) is 3.29.